The summed E-state index contributed by atoms with van der Waals surface area (Å²) in [7, 11) is 0. The SMILES string of the molecule is CCC1(CNC(=O)[C@@H]2CCCN2)CCC1.Cl. The second kappa shape index (κ2) is 5.87. The Labute approximate surface area is 104 Å². The van der Waals surface area contributed by atoms with Crippen LogP contribution in [0.2, 0.25) is 0 Å². The molecule has 16 heavy (non-hydrogen) atoms. The van der Waals surface area contributed by atoms with E-state index >= 15 is 0 Å². The highest BCUT2D eigenvalue weighted by Crippen LogP contribution is 2.43. The van der Waals surface area contributed by atoms with Crippen molar-refractivity contribution in [2.45, 2.75) is 51.5 Å². The van der Waals surface area contributed by atoms with Crippen molar-refractivity contribution >= 4 is 18.3 Å². The van der Waals surface area contributed by atoms with Crippen LogP contribution in [0.25, 0.3) is 0 Å². The van der Waals surface area contributed by atoms with Crippen molar-refractivity contribution in [3.63, 3.8) is 0 Å². The lowest BCUT2D eigenvalue weighted by Crippen LogP contribution is -2.47. The van der Waals surface area contributed by atoms with Gasteiger partial charge in [-0.05, 0) is 44.1 Å². The van der Waals surface area contributed by atoms with E-state index in [1.807, 2.05) is 0 Å². The molecule has 1 atom stereocenters. The highest BCUT2D eigenvalue weighted by atomic mass is 35.5. The molecule has 2 N–H and O–H groups in total. The Kier molecular flexibility index (Phi) is 5.06. The largest absolute Gasteiger partial charge is 0.354 e. The van der Waals surface area contributed by atoms with Crippen LogP contribution in [-0.2, 0) is 4.79 Å². The van der Waals surface area contributed by atoms with E-state index in [-0.39, 0.29) is 24.4 Å². The van der Waals surface area contributed by atoms with Gasteiger partial charge < -0.3 is 10.6 Å². The van der Waals surface area contributed by atoms with Gasteiger partial charge in [0.15, 0.2) is 0 Å². The first-order valence-corrected chi connectivity index (χ1v) is 6.27. The third kappa shape index (κ3) is 2.89. The average Bonchev–Trinajstić information content (AvgIpc) is 2.69. The maximum absolute atomic E-state index is 11.8. The normalized spacial score (nSPS) is 26.7. The highest BCUT2D eigenvalue weighted by Gasteiger charge is 2.35. The molecule has 2 fully saturated rings. The van der Waals surface area contributed by atoms with E-state index in [0.29, 0.717) is 5.41 Å². The lowest BCUT2D eigenvalue weighted by molar-refractivity contribution is -0.123. The zero-order valence-electron chi connectivity index (χ0n) is 10.1. The van der Waals surface area contributed by atoms with E-state index in [9.17, 15) is 4.79 Å². The van der Waals surface area contributed by atoms with Gasteiger partial charge in [0.2, 0.25) is 5.91 Å². The lowest BCUT2D eigenvalue weighted by atomic mass is 9.67. The first kappa shape index (κ1) is 13.8. The number of hydrogen-bond acceptors (Lipinski definition) is 2. The predicted octanol–water partition coefficient (Wildman–Crippen LogP) is 1.86. The van der Waals surface area contributed by atoms with Crippen LogP contribution in [-0.4, -0.2) is 25.0 Å². The summed E-state index contributed by atoms with van der Waals surface area (Å²) in [6.45, 7) is 4.12. The van der Waals surface area contributed by atoms with Crippen molar-refractivity contribution in [1.29, 1.82) is 0 Å². The molecule has 0 aromatic rings. The molecular weight excluding hydrogens is 224 g/mol. The summed E-state index contributed by atoms with van der Waals surface area (Å²) >= 11 is 0. The van der Waals surface area contributed by atoms with Gasteiger partial charge in [0.1, 0.15) is 0 Å². The molecule has 0 bridgehead atoms. The van der Waals surface area contributed by atoms with Crippen molar-refractivity contribution in [2.24, 2.45) is 5.41 Å². The first-order chi connectivity index (χ1) is 7.26. The number of carbonyl (C=O) groups excluding carboxylic acids is 1. The Morgan fingerprint density at radius 1 is 1.44 bits per heavy atom. The lowest BCUT2D eigenvalue weighted by Gasteiger charge is -2.41. The fourth-order valence-electron chi connectivity index (χ4n) is 2.64. The van der Waals surface area contributed by atoms with Crippen molar-refractivity contribution < 1.29 is 4.79 Å². The summed E-state index contributed by atoms with van der Waals surface area (Å²) in [5.41, 5.74) is 0.439. The molecule has 2 rings (SSSR count). The first-order valence-electron chi connectivity index (χ1n) is 6.27. The Bertz CT molecular complexity index is 230. The van der Waals surface area contributed by atoms with Gasteiger partial charge in [0.25, 0.3) is 0 Å². The van der Waals surface area contributed by atoms with Crippen molar-refractivity contribution in [1.82, 2.24) is 10.6 Å². The molecule has 1 saturated carbocycles. The van der Waals surface area contributed by atoms with E-state index in [2.05, 4.69) is 17.6 Å². The summed E-state index contributed by atoms with van der Waals surface area (Å²) in [4.78, 5) is 11.8. The van der Waals surface area contributed by atoms with Crippen LogP contribution in [0.15, 0.2) is 0 Å². The second-order valence-corrected chi connectivity index (χ2v) is 5.07. The molecule has 0 aromatic heterocycles. The van der Waals surface area contributed by atoms with Crippen molar-refractivity contribution in [2.75, 3.05) is 13.1 Å². The molecule has 4 heteroatoms. The minimum atomic E-state index is 0. The number of amides is 1. The van der Waals surface area contributed by atoms with Gasteiger partial charge in [-0.15, -0.1) is 12.4 Å². The number of halogens is 1. The average molecular weight is 247 g/mol. The van der Waals surface area contributed by atoms with Crippen LogP contribution in [0.5, 0.6) is 0 Å². The van der Waals surface area contributed by atoms with Gasteiger partial charge in [-0.3, -0.25) is 4.79 Å². The van der Waals surface area contributed by atoms with E-state index in [0.717, 1.165) is 25.9 Å². The summed E-state index contributed by atoms with van der Waals surface area (Å²) in [5, 5.41) is 6.35. The Morgan fingerprint density at radius 2 is 2.19 bits per heavy atom. The van der Waals surface area contributed by atoms with E-state index < -0.39 is 0 Å². The molecule has 0 aromatic carbocycles. The summed E-state index contributed by atoms with van der Waals surface area (Å²) in [5.74, 6) is 0.215. The number of nitrogens with one attached hydrogen (secondary N) is 2. The second-order valence-electron chi connectivity index (χ2n) is 5.07. The molecule has 1 amide bonds. The summed E-state index contributed by atoms with van der Waals surface area (Å²) in [6.07, 6.45) is 7.27. The Hall–Kier alpha value is -0.280. The number of hydrogen-bond donors (Lipinski definition) is 2. The number of rotatable bonds is 4. The summed E-state index contributed by atoms with van der Waals surface area (Å²) in [6, 6.07) is 0.0824. The smallest absolute Gasteiger partial charge is 0.237 e. The molecule has 1 aliphatic heterocycles. The highest BCUT2D eigenvalue weighted by molar-refractivity contribution is 5.85. The monoisotopic (exact) mass is 246 g/mol. The molecule has 0 unspecified atom stereocenters. The minimum Gasteiger partial charge on any atom is -0.354 e. The molecule has 1 aliphatic carbocycles. The standard InChI is InChI=1S/C12H22N2O.ClH/c1-2-12(6-4-7-12)9-14-11(15)10-5-3-8-13-10;/h10,13H,2-9H2,1H3,(H,14,15);1H/t10-;/m0./s1. The van der Waals surface area contributed by atoms with Gasteiger partial charge in [-0.1, -0.05) is 13.3 Å². The van der Waals surface area contributed by atoms with E-state index in [4.69, 9.17) is 0 Å². The third-order valence-electron chi connectivity index (χ3n) is 4.18. The third-order valence-corrected chi connectivity index (χ3v) is 4.18. The van der Waals surface area contributed by atoms with Gasteiger partial charge in [0.05, 0.1) is 6.04 Å². The maximum atomic E-state index is 11.8. The molecule has 1 heterocycles. The van der Waals surface area contributed by atoms with Crippen LogP contribution in [0, 0.1) is 5.41 Å². The molecule has 0 radical (unpaired) electrons. The van der Waals surface area contributed by atoms with Gasteiger partial charge >= 0.3 is 0 Å². The topological polar surface area (TPSA) is 41.1 Å². The molecule has 3 nitrogen and oxygen atoms in total. The fraction of sp³-hybridized carbons (Fsp3) is 0.917. The zero-order chi connectivity index (χ0) is 10.7. The Morgan fingerprint density at radius 3 is 2.62 bits per heavy atom. The van der Waals surface area contributed by atoms with E-state index in [1.54, 1.807) is 0 Å². The van der Waals surface area contributed by atoms with Crippen molar-refractivity contribution in [3.8, 4) is 0 Å². The van der Waals surface area contributed by atoms with Crippen LogP contribution in [0.3, 0.4) is 0 Å². The van der Waals surface area contributed by atoms with Gasteiger partial charge in [0, 0.05) is 6.54 Å². The molecule has 0 spiro atoms. The molecule has 1 saturated heterocycles. The van der Waals surface area contributed by atoms with Crippen molar-refractivity contribution in [3.05, 3.63) is 0 Å². The summed E-state index contributed by atoms with van der Waals surface area (Å²) < 4.78 is 0. The molecular formula is C12H23ClN2O. The minimum absolute atomic E-state index is 0. The predicted molar refractivity (Wildman–Crippen MR) is 67.9 cm³/mol. The van der Waals surface area contributed by atoms with E-state index in [1.165, 1.54) is 25.7 Å². The van der Waals surface area contributed by atoms with Gasteiger partial charge in [-0.2, -0.15) is 0 Å². The van der Waals surface area contributed by atoms with Crippen LogP contribution < -0.4 is 10.6 Å². The number of carbonyl (C=O) groups is 1. The zero-order valence-corrected chi connectivity index (χ0v) is 10.9. The Balaban J connectivity index is 0.00000128. The van der Waals surface area contributed by atoms with Crippen LogP contribution >= 0.6 is 12.4 Å². The quantitative estimate of drug-likeness (QED) is 0.795. The molecule has 94 valence electrons. The van der Waals surface area contributed by atoms with Crippen LogP contribution in [0.4, 0.5) is 0 Å². The maximum Gasteiger partial charge on any atom is 0.237 e. The molecule has 2 aliphatic rings. The fourth-order valence-corrected chi connectivity index (χ4v) is 2.64. The van der Waals surface area contributed by atoms with Gasteiger partial charge in [-0.25, -0.2) is 0 Å². The van der Waals surface area contributed by atoms with Crippen LogP contribution in [0.1, 0.15) is 45.4 Å².